The summed E-state index contributed by atoms with van der Waals surface area (Å²) in [7, 11) is 1.30. The highest BCUT2D eigenvalue weighted by molar-refractivity contribution is 6.36. The van der Waals surface area contributed by atoms with E-state index in [2.05, 4.69) is 10.3 Å². The third-order valence-electron chi connectivity index (χ3n) is 2.57. The third-order valence-corrected chi connectivity index (χ3v) is 3.12. The summed E-state index contributed by atoms with van der Waals surface area (Å²) in [5.74, 6) is -0.649. The van der Waals surface area contributed by atoms with Crippen molar-refractivity contribution >= 4 is 34.8 Å². The summed E-state index contributed by atoms with van der Waals surface area (Å²) < 4.78 is 0.853. The number of aromatic amines is 1. The molecule has 1 heterocycles. The van der Waals surface area contributed by atoms with Crippen molar-refractivity contribution in [3.63, 3.8) is 0 Å². The van der Waals surface area contributed by atoms with Crippen molar-refractivity contribution in [2.45, 2.75) is 0 Å². The Morgan fingerprint density at radius 3 is 2.55 bits per heavy atom. The fourth-order valence-electron chi connectivity index (χ4n) is 1.46. The number of hydrogen-bond acceptors (Lipinski definition) is 3. The average Bonchev–Trinajstić information content (AvgIpc) is 2.38. The molecule has 2 aromatic rings. The number of carbonyl (C=O) groups excluding carboxylic acids is 1. The number of benzene rings is 1. The Bertz CT molecular complexity index is 764. The van der Waals surface area contributed by atoms with Gasteiger partial charge in [-0.15, -0.1) is 0 Å². The van der Waals surface area contributed by atoms with E-state index < -0.39 is 17.2 Å². The molecule has 0 aliphatic rings. The number of nitrogens with zero attached hydrogens (tertiary/aromatic N) is 1. The van der Waals surface area contributed by atoms with E-state index in [1.807, 2.05) is 0 Å². The van der Waals surface area contributed by atoms with Crippen LogP contribution in [0.3, 0.4) is 0 Å². The molecule has 1 amide bonds. The van der Waals surface area contributed by atoms with Crippen LogP contribution < -0.4 is 16.6 Å². The molecule has 2 N–H and O–H groups in total. The highest BCUT2D eigenvalue weighted by atomic mass is 35.5. The summed E-state index contributed by atoms with van der Waals surface area (Å²) in [6, 6.07) is 5.56. The number of anilines is 1. The number of H-pyrrole nitrogens is 1. The highest BCUT2D eigenvalue weighted by Gasteiger charge is 2.11. The molecule has 1 aromatic carbocycles. The Kier molecular flexibility index (Phi) is 3.96. The van der Waals surface area contributed by atoms with Gasteiger partial charge in [0.25, 0.3) is 11.5 Å². The Labute approximate surface area is 123 Å². The number of nitrogens with one attached hydrogen (secondary N) is 2. The van der Waals surface area contributed by atoms with Crippen LogP contribution in [0.2, 0.25) is 10.0 Å². The van der Waals surface area contributed by atoms with Gasteiger partial charge in [0, 0.05) is 18.1 Å². The first kappa shape index (κ1) is 14.4. The van der Waals surface area contributed by atoms with Crippen molar-refractivity contribution in [1.29, 1.82) is 0 Å². The molecule has 0 saturated carbocycles. The van der Waals surface area contributed by atoms with Gasteiger partial charge in [-0.25, -0.2) is 4.79 Å². The predicted octanol–water partition coefficient (Wildman–Crippen LogP) is 1.63. The zero-order valence-corrected chi connectivity index (χ0v) is 11.7. The Morgan fingerprint density at radius 1 is 1.25 bits per heavy atom. The molecular formula is C12H9Cl2N3O3. The maximum Gasteiger partial charge on any atom is 0.328 e. The van der Waals surface area contributed by atoms with E-state index in [9.17, 15) is 14.4 Å². The van der Waals surface area contributed by atoms with Crippen LogP contribution in [-0.4, -0.2) is 15.5 Å². The largest absolute Gasteiger partial charge is 0.328 e. The lowest BCUT2D eigenvalue weighted by atomic mass is 10.3. The quantitative estimate of drug-likeness (QED) is 0.884. The van der Waals surface area contributed by atoms with Crippen LogP contribution in [0.15, 0.2) is 33.9 Å². The van der Waals surface area contributed by atoms with Gasteiger partial charge in [-0.2, -0.15) is 0 Å². The zero-order chi connectivity index (χ0) is 14.9. The number of hydrogen-bond donors (Lipinski definition) is 2. The van der Waals surface area contributed by atoms with Gasteiger partial charge in [-0.05, 0) is 18.2 Å². The van der Waals surface area contributed by atoms with Gasteiger partial charge in [0.2, 0.25) is 0 Å². The molecule has 20 heavy (non-hydrogen) atoms. The van der Waals surface area contributed by atoms with E-state index in [4.69, 9.17) is 23.2 Å². The molecule has 0 atom stereocenters. The number of aromatic nitrogens is 2. The van der Waals surface area contributed by atoms with Crippen LogP contribution in [0.1, 0.15) is 10.5 Å². The SMILES string of the molecule is Cn1c(=O)cc(C(=O)Nc2ccc(Cl)cc2Cl)[nH]c1=O. The second-order valence-corrected chi connectivity index (χ2v) is 4.81. The summed E-state index contributed by atoms with van der Waals surface area (Å²) in [5.41, 5.74) is -1.09. The van der Waals surface area contributed by atoms with Crippen LogP contribution in [0.4, 0.5) is 5.69 Å². The van der Waals surface area contributed by atoms with E-state index >= 15 is 0 Å². The fourth-order valence-corrected chi connectivity index (χ4v) is 1.91. The Morgan fingerprint density at radius 2 is 1.95 bits per heavy atom. The van der Waals surface area contributed by atoms with E-state index in [0.29, 0.717) is 10.7 Å². The molecule has 0 radical (unpaired) electrons. The van der Waals surface area contributed by atoms with Gasteiger partial charge < -0.3 is 10.3 Å². The lowest BCUT2D eigenvalue weighted by molar-refractivity contribution is 0.102. The minimum absolute atomic E-state index is 0.149. The van der Waals surface area contributed by atoms with Crippen molar-refractivity contribution < 1.29 is 4.79 Å². The second kappa shape index (κ2) is 5.52. The fraction of sp³-hybridized carbons (Fsp3) is 0.0833. The smallest absolute Gasteiger partial charge is 0.319 e. The van der Waals surface area contributed by atoms with Crippen LogP contribution in [0.5, 0.6) is 0 Å². The molecule has 0 saturated heterocycles. The third kappa shape index (κ3) is 2.92. The minimum atomic E-state index is -0.676. The summed E-state index contributed by atoms with van der Waals surface area (Å²) in [6.45, 7) is 0. The standard InChI is InChI=1S/C12H9Cl2N3O3/c1-17-10(18)5-9(16-12(17)20)11(19)15-8-3-2-6(13)4-7(8)14/h2-5H,1H3,(H,15,19)(H,16,20). The van der Waals surface area contributed by atoms with E-state index in [1.165, 1.54) is 19.2 Å². The van der Waals surface area contributed by atoms with Gasteiger partial charge in [0.05, 0.1) is 10.7 Å². The molecule has 0 aliphatic carbocycles. The van der Waals surface area contributed by atoms with Crippen LogP contribution in [0, 0.1) is 0 Å². The summed E-state index contributed by atoms with van der Waals surface area (Å²) in [6.07, 6.45) is 0. The number of rotatable bonds is 2. The Balaban J connectivity index is 2.33. The van der Waals surface area contributed by atoms with E-state index in [0.717, 1.165) is 10.6 Å². The lowest BCUT2D eigenvalue weighted by Gasteiger charge is -2.07. The number of amides is 1. The predicted molar refractivity (Wildman–Crippen MR) is 76.7 cm³/mol. The monoisotopic (exact) mass is 313 g/mol. The molecule has 0 unspecified atom stereocenters. The first-order valence-corrected chi connectivity index (χ1v) is 6.21. The number of carbonyl (C=O) groups is 1. The van der Waals surface area contributed by atoms with Gasteiger partial charge in [-0.1, -0.05) is 23.2 Å². The molecule has 0 spiro atoms. The van der Waals surface area contributed by atoms with Crippen molar-refractivity contribution in [2.75, 3.05) is 5.32 Å². The highest BCUT2D eigenvalue weighted by Crippen LogP contribution is 2.25. The molecule has 2 rings (SSSR count). The van der Waals surface area contributed by atoms with E-state index in [1.54, 1.807) is 6.07 Å². The number of halogens is 2. The van der Waals surface area contributed by atoms with Crippen molar-refractivity contribution in [1.82, 2.24) is 9.55 Å². The molecule has 1 aromatic heterocycles. The lowest BCUT2D eigenvalue weighted by Crippen LogP contribution is -2.34. The van der Waals surface area contributed by atoms with Crippen molar-refractivity contribution in [3.8, 4) is 0 Å². The second-order valence-electron chi connectivity index (χ2n) is 3.96. The molecule has 0 bridgehead atoms. The van der Waals surface area contributed by atoms with Crippen LogP contribution in [-0.2, 0) is 7.05 Å². The Hall–Kier alpha value is -2.05. The van der Waals surface area contributed by atoms with Crippen molar-refractivity contribution in [2.24, 2.45) is 7.05 Å². The summed E-state index contributed by atoms with van der Waals surface area (Å²) in [4.78, 5) is 37.1. The maximum absolute atomic E-state index is 11.9. The summed E-state index contributed by atoms with van der Waals surface area (Å²) >= 11 is 11.7. The first-order chi connectivity index (χ1) is 9.38. The van der Waals surface area contributed by atoms with E-state index in [-0.39, 0.29) is 10.7 Å². The molecule has 0 aliphatic heterocycles. The molecule has 6 nitrogen and oxygen atoms in total. The van der Waals surface area contributed by atoms with Gasteiger partial charge >= 0.3 is 5.69 Å². The molecular weight excluding hydrogens is 305 g/mol. The average molecular weight is 314 g/mol. The zero-order valence-electron chi connectivity index (χ0n) is 10.2. The molecule has 104 valence electrons. The first-order valence-electron chi connectivity index (χ1n) is 5.45. The maximum atomic E-state index is 11.9. The minimum Gasteiger partial charge on any atom is -0.319 e. The topological polar surface area (TPSA) is 84.0 Å². The van der Waals surface area contributed by atoms with Gasteiger partial charge in [-0.3, -0.25) is 14.2 Å². The van der Waals surface area contributed by atoms with Gasteiger partial charge in [0.1, 0.15) is 5.69 Å². The molecule has 0 fully saturated rings. The molecule has 8 heteroatoms. The normalized spacial score (nSPS) is 10.3. The van der Waals surface area contributed by atoms with Gasteiger partial charge in [0.15, 0.2) is 0 Å². The van der Waals surface area contributed by atoms with Crippen molar-refractivity contribution in [3.05, 3.63) is 60.8 Å². The van der Waals surface area contributed by atoms with Crippen LogP contribution >= 0.6 is 23.2 Å². The summed E-state index contributed by atoms with van der Waals surface area (Å²) in [5, 5.41) is 3.15. The van der Waals surface area contributed by atoms with Crippen LogP contribution in [0.25, 0.3) is 0 Å².